The fraction of sp³-hybridized carbons (Fsp3) is 0.286. The first-order valence-corrected chi connectivity index (χ1v) is 12.1. The molecule has 1 aromatic heterocycles. The Labute approximate surface area is 207 Å². The van der Waals surface area contributed by atoms with E-state index < -0.39 is 5.97 Å². The number of carbonyl (C=O) groups is 1. The smallest absolute Gasteiger partial charge is 0.303 e. The number of unbranched alkanes of at least 4 members (excludes halogenated alkanes) is 1. The quantitative estimate of drug-likeness (QED) is 0.429. The van der Waals surface area contributed by atoms with Crippen LogP contribution in [-0.2, 0) is 16.1 Å². The van der Waals surface area contributed by atoms with Crippen LogP contribution in [0, 0.1) is 0 Å². The van der Waals surface area contributed by atoms with Crippen LogP contribution in [0.3, 0.4) is 0 Å². The van der Waals surface area contributed by atoms with E-state index >= 15 is 0 Å². The molecule has 0 spiro atoms. The summed E-state index contributed by atoms with van der Waals surface area (Å²) >= 11 is 0. The van der Waals surface area contributed by atoms with Crippen molar-refractivity contribution in [3.8, 4) is 0 Å². The van der Waals surface area contributed by atoms with Gasteiger partial charge in [-0.3, -0.25) is 14.2 Å². The summed E-state index contributed by atoms with van der Waals surface area (Å²) in [6.45, 7) is 0. The van der Waals surface area contributed by atoms with Crippen molar-refractivity contribution < 1.29 is 19.1 Å². The third-order valence-corrected chi connectivity index (χ3v) is 6.55. The Kier molecular flexibility index (Phi) is 6.75. The number of benzene rings is 2. The van der Waals surface area contributed by atoms with Gasteiger partial charge in [-0.2, -0.15) is 0 Å². The molecule has 1 N–H and O–H groups in total. The minimum Gasteiger partial charge on any atom is -0.481 e. The molecule has 2 aliphatic rings. The first kappa shape index (κ1) is 23.7. The zero-order valence-electron chi connectivity index (χ0n) is 19.6. The number of carboxylic acids is 1. The first-order chi connectivity index (χ1) is 17.5. The summed E-state index contributed by atoms with van der Waals surface area (Å²) in [4.78, 5) is 35.0. The van der Waals surface area contributed by atoms with Gasteiger partial charge in [-0.15, -0.1) is 0 Å². The number of allylic oxidation sites excluding steroid dienone is 4. The lowest BCUT2D eigenvalue weighted by Crippen LogP contribution is -2.29. The van der Waals surface area contributed by atoms with E-state index in [4.69, 9.17) is 14.9 Å². The van der Waals surface area contributed by atoms with Crippen molar-refractivity contribution in [2.24, 2.45) is 5.16 Å². The molecule has 0 amide bonds. The molecule has 8 heteroatoms. The highest BCUT2D eigenvalue weighted by Crippen LogP contribution is 2.30. The summed E-state index contributed by atoms with van der Waals surface area (Å²) in [5, 5.41) is 13.7. The van der Waals surface area contributed by atoms with Crippen LogP contribution in [0.4, 0.5) is 4.39 Å². The molecule has 0 bridgehead atoms. The Morgan fingerprint density at radius 2 is 2.00 bits per heavy atom. The van der Waals surface area contributed by atoms with Crippen molar-refractivity contribution in [1.29, 1.82) is 0 Å². The Balaban J connectivity index is 1.47. The van der Waals surface area contributed by atoms with Gasteiger partial charge in [0.2, 0.25) is 0 Å². The van der Waals surface area contributed by atoms with Crippen LogP contribution in [0.25, 0.3) is 10.9 Å². The number of aryl methyl sites for hydroxylation is 1. The number of nitrogens with zero attached hydrogens (tertiary/aromatic N) is 3. The van der Waals surface area contributed by atoms with Gasteiger partial charge in [0.05, 0.1) is 22.7 Å². The second-order valence-electron chi connectivity index (χ2n) is 9.03. The summed E-state index contributed by atoms with van der Waals surface area (Å²) in [6, 6.07) is 15.0. The third kappa shape index (κ3) is 4.98. The highest BCUT2D eigenvalue weighted by molar-refractivity contribution is 6.03. The molecule has 2 atom stereocenters. The van der Waals surface area contributed by atoms with Gasteiger partial charge in [-0.25, -0.2) is 9.37 Å². The van der Waals surface area contributed by atoms with E-state index in [1.807, 2.05) is 42.5 Å². The van der Waals surface area contributed by atoms with Gasteiger partial charge in [0.1, 0.15) is 11.7 Å². The topological polar surface area (TPSA) is 93.8 Å². The maximum absolute atomic E-state index is 13.6. The summed E-state index contributed by atoms with van der Waals surface area (Å²) in [5.41, 5.74) is 3.03. The van der Waals surface area contributed by atoms with E-state index in [-0.39, 0.29) is 30.0 Å². The zero-order chi connectivity index (χ0) is 25.1. The van der Waals surface area contributed by atoms with Crippen molar-refractivity contribution in [2.45, 2.75) is 50.7 Å². The van der Waals surface area contributed by atoms with E-state index in [0.717, 1.165) is 16.8 Å². The standard InChI is InChI=1S/C28H26FN3O4/c29-20-11-13-21(14-12-20)32-26(8-4-5-9-27(33)34)30-24-16-19(10-15-22(24)28(32)35)23-17-25(36-31-23)18-6-2-1-3-7-18/h1-3,6-7,10-13,15-16,21,25H,4-5,8-9,14,17H2,(H,33,34). The van der Waals surface area contributed by atoms with Crippen molar-refractivity contribution in [2.75, 3.05) is 0 Å². The van der Waals surface area contributed by atoms with Gasteiger partial charge >= 0.3 is 5.97 Å². The second kappa shape index (κ2) is 10.3. The molecular weight excluding hydrogens is 461 g/mol. The van der Waals surface area contributed by atoms with Crippen LogP contribution in [-0.4, -0.2) is 26.3 Å². The molecule has 1 aliphatic heterocycles. The molecular formula is C28H26FN3O4. The van der Waals surface area contributed by atoms with Crippen molar-refractivity contribution in [3.05, 3.63) is 99.9 Å². The number of hydrogen-bond donors (Lipinski definition) is 1. The molecule has 36 heavy (non-hydrogen) atoms. The number of aromatic nitrogens is 2. The van der Waals surface area contributed by atoms with E-state index in [0.29, 0.717) is 48.8 Å². The number of oxime groups is 1. The van der Waals surface area contributed by atoms with Crippen molar-refractivity contribution in [1.82, 2.24) is 9.55 Å². The SMILES string of the molecule is O=C(O)CCCCc1nc2cc(C3=NOC(c4ccccc4)C3)ccc2c(=O)n1C1C=CC(F)=CC1. The predicted molar refractivity (Wildman–Crippen MR) is 135 cm³/mol. The molecule has 2 heterocycles. The van der Waals surface area contributed by atoms with Crippen LogP contribution in [0.15, 0.2) is 82.5 Å². The zero-order valence-corrected chi connectivity index (χ0v) is 19.6. The third-order valence-electron chi connectivity index (χ3n) is 6.55. The Morgan fingerprint density at radius 3 is 2.75 bits per heavy atom. The average molecular weight is 488 g/mol. The second-order valence-corrected chi connectivity index (χ2v) is 9.03. The number of aliphatic carboxylic acids is 1. The van der Waals surface area contributed by atoms with Crippen LogP contribution in [0.2, 0.25) is 0 Å². The number of carboxylic acid groups (broad SMARTS) is 1. The van der Waals surface area contributed by atoms with Crippen LogP contribution < -0.4 is 5.56 Å². The monoisotopic (exact) mass is 487 g/mol. The maximum Gasteiger partial charge on any atom is 0.303 e. The van der Waals surface area contributed by atoms with Gasteiger partial charge in [-0.05, 0) is 49.1 Å². The van der Waals surface area contributed by atoms with Gasteiger partial charge in [0, 0.05) is 24.8 Å². The number of halogens is 1. The number of fused-ring (bicyclic) bond motifs is 1. The largest absolute Gasteiger partial charge is 0.481 e. The molecule has 0 fully saturated rings. The lowest BCUT2D eigenvalue weighted by molar-refractivity contribution is -0.137. The van der Waals surface area contributed by atoms with Crippen LogP contribution in [0.5, 0.6) is 0 Å². The normalized spacial score (nSPS) is 19.1. The summed E-state index contributed by atoms with van der Waals surface area (Å²) in [6.07, 6.45) is 6.86. The van der Waals surface area contributed by atoms with Crippen LogP contribution >= 0.6 is 0 Å². The maximum atomic E-state index is 13.6. The fourth-order valence-electron chi connectivity index (χ4n) is 4.67. The Morgan fingerprint density at radius 1 is 1.17 bits per heavy atom. The van der Waals surface area contributed by atoms with Gasteiger partial charge < -0.3 is 9.94 Å². The summed E-state index contributed by atoms with van der Waals surface area (Å²) < 4.78 is 15.2. The highest BCUT2D eigenvalue weighted by atomic mass is 19.1. The fourth-order valence-corrected chi connectivity index (χ4v) is 4.67. The highest BCUT2D eigenvalue weighted by Gasteiger charge is 2.25. The van der Waals surface area contributed by atoms with Gasteiger partial charge in [0.25, 0.3) is 5.56 Å². The molecule has 0 radical (unpaired) electrons. The molecule has 2 unspecified atom stereocenters. The van der Waals surface area contributed by atoms with Crippen molar-refractivity contribution >= 4 is 22.6 Å². The van der Waals surface area contributed by atoms with E-state index in [1.54, 1.807) is 16.7 Å². The minimum atomic E-state index is -0.854. The molecule has 5 rings (SSSR count). The van der Waals surface area contributed by atoms with Gasteiger partial charge in [-0.1, -0.05) is 47.6 Å². The Hall–Kier alpha value is -4.07. The lowest BCUT2D eigenvalue weighted by atomic mass is 9.99. The molecule has 3 aromatic rings. The molecule has 184 valence electrons. The number of hydrogen-bond acceptors (Lipinski definition) is 5. The van der Waals surface area contributed by atoms with E-state index in [2.05, 4.69) is 5.16 Å². The minimum absolute atomic E-state index is 0.0572. The van der Waals surface area contributed by atoms with E-state index in [9.17, 15) is 14.0 Å². The number of rotatable bonds is 8. The lowest BCUT2D eigenvalue weighted by Gasteiger charge is -2.21. The predicted octanol–water partition coefficient (Wildman–Crippen LogP) is 5.41. The summed E-state index contributed by atoms with van der Waals surface area (Å²) in [5.74, 6) is -0.617. The molecule has 1 aliphatic carbocycles. The summed E-state index contributed by atoms with van der Waals surface area (Å²) in [7, 11) is 0. The van der Waals surface area contributed by atoms with Crippen molar-refractivity contribution in [3.63, 3.8) is 0 Å². The Bertz CT molecular complexity index is 1440. The van der Waals surface area contributed by atoms with Gasteiger partial charge in [0.15, 0.2) is 6.10 Å². The molecule has 0 saturated heterocycles. The molecule has 7 nitrogen and oxygen atoms in total. The average Bonchev–Trinajstić information content (AvgIpc) is 3.38. The molecule has 0 saturated carbocycles. The first-order valence-electron chi connectivity index (χ1n) is 12.1. The van der Waals surface area contributed by atoms with Crippen LogP contribution in [0.1, 0.15) is 61.2 Å². The van der Waals surface area contributed by atoms with E-state index in [1.165, 1.54) is 12.2 Å². The molecule has 2 aromatic carbocycles.